The maximum atomic E-state index is 12.4. The Bertz CT molecular complexity index is 715. The second-order valence-electron chi connectivity index (χ2n) is 4.11. The maximum Gasteiger partial charge on any atom is 0.445 e. The maximum absolute atomic E-state index is 12.4. The third kappa shape index (κ3) is 4.22. The minimum absolute atomic E-state index is 0.00165. The number of halogens is 3. The second kappa shape index (κ2) is 6.69. The van der Waals surface area contributed by atoms with Gasteiger partial charge >= 0.3 is 12.1 Å². The Hall–Kier alpha value is -2.56. The number of pyridine rings is 1. The zero-order valence-corrected chi connectivity index (χ0v) is 12.4. The van der Waals surface area contributed by atoms with Crippen LogP contribution in [0.5, 0.6) is 0 Å². The van der Waals surface area contributed by atoms with Crippen LogP contribution in [0.4, 0.5) is 13.2 Å². The number of carbonyl (C=O) groups is 2. The molecule has 0 aliphatic heterocycles. The SMILES string of the molecule is COC(=O)c1ccc(C(=O)NCc2nnc(C(F)(F)F)s2)nc1. The first-order chi connectivity index (χ1) is 10.8. The Balaban J connectivity index is 1.97. The van der Waals surface area contributed by atoms with Crippen LogP contribution < -0.4 is 5.32 Å². The molecule has 0 unspecified atom stereocenters. The fraction of sp³-hybridized carbons (Fsp3) is 0.250. The number of ether oxygens (including phenoxy) is 1. The van der Waals surface area contributed by atoms with E-state index in [1.54, 1.807) is 0 Å². The molecule has 0 saturated heterocycles. The largest absolute Gasteiger partial charge is 0.465 e. The van der Waals surface area contributed by atoms with E-state index in [-0.39, 0.29) is 22.8 Å². The van der Waals surface area contributed by atoms with Gasteiger partial charge in [-0.25, -0.2) is 4.79 Å². The molecule has 1 amide bonds. The number of alkyl halides is 3. The lowest BCUT2D eigenvalue weighted by Gasteiger charge is -2.03. The molecule has 0 spiro atoms. The van der Waals surface area contributed by atoms with Gasteiger partial charge in [0, 0.05) is 6.20 Å². The summed E-state index contributed by atoms with van der Waals surface area (Å²) in [4.78, 5) is 26.8. The van der Waals surface area contributed by atoms with Gasteiger partial charge in [0.05, 0.1) is 19.2 Å². The van der Waals surface area contributed by atoms with Crippen molar-refractivity contribution in [2.75, 3.05) is 7.11 Å². The van der Waals surface area contributed by atoms with Gasteiger partial charge in [0.15, 0.2) is 0 Å². The highest BCUT2D eigenvalue weighted by Crippen LogP contribution is 2.31. The summed E-state index contributed by atoms with van der Waals surface area (Å²) in [5, 5.41) is 7.65. The zero-order chi connectivity index (χ0) is 17.0. The van der Waals surface area contributed by atoms with E-state index in [2.05, 4.69) is 25.2 Å². The Morgan fingerprint density at radius 1 is 1.30 bits per heavy atom. The number of amides is 1. The Morgan fingerprint density at radius 2 is 2.04 bits per heavy atom. The van der Waals surface area contributed by atoms with Crippen LogP contribution in [0.15, 0.2) is 18.3 Å². The topological polar surface area (TPSA) is 94.1 Å². The molecule has 7 nitrogen and oxygen atoms in total. The number of carbonyl (C=O) groups excluding carboxylic acids is 2. The summed E-state index contributed by atoms with van der Waals surface area (Å²) in [7, 11) is 1.21. The molecule has 11 heteroatoms. The fourth-order valence-corrected chi connectivity index (χ4v) is 2.10. The molecule has 122 valence electrons. The summed E-state index contributed by atoms with van der Waals surface area (Å²) in [6.45, 7) is -0.215. The summed E-state index contributed by atoms with van der Waals surface area (Å²) in [6, 6.07) is 2.64. The van der Waals surface area contributed by atoms with Crippen molar-refractivity contribution in [3.05, 3.63) is 39.6 Å². The molecule has 2 rings (SSSR count). The number of methoxy groups -OCH3 is 1. The first kappa shape index (κ1) is 16.8. The molecule has 0 radical (unpaired) electrons. The van der Waals surface area contributed by atoms with Crippen LogP contribution in [0.3, 0.4) is 0 Å². The normalized spacial score (nSPS) is 11.1. The van der Waals surface area contributed by atoms with E-state index in [0.717, 1.165) is 6.20 Å². The van der Waals surface area contributed by atoms with E-state index in [1.165, 1.54) is 19.2 Å². The highest BCUT2D eigenvalue weighted by molar-refractivity contribution is 7.11. The molecule has 23 heavy (non-hydrogen) atoms. The van der Waals surface area contributed by atoms with Crippen molar-refractivity contribution in [1.82, 2.24) is 20.5 Å². The number of rotatable bonds is 4. The van der Waals surface area contributed by atoms with Gasteiger partial charge in [-0.3, -0.25) is 9.78 Å². The van der Waals surface area contributed by atoms with Crippen LogP contribution in [0.1, 0.15) is 30.9 Å². The molecule has 0 atom stereocenters. The molecule has 2 aromatic rings. The molecular weight excluding hydrogens is 337 g/mol. The van der Waals surface area contributed by atoms with Gasteiger partial charge in [0.25, 0.3) is 5.91 Å². The van der Waals surface area contributed by atoms with Gasteiger partial charge < -0.3 is 10.1 Å². The van der Waals surface area contributed by atoms with E-state index < -0.39 is 23.1 Å². The van der Waals surface area contributed by atoms with Crippen molar-refractivity contribution in [3.8, 4) is 0 Å². The van der Waals surface area contributed by atoms with E-state index >= 15 is 0 Å². The molecule has 0 aliphatic rings. The fourth-order valence-electron chi connectivity index (χ4n) is 1.45. The summed E-state index contributed by atoms with van der Waals surface area (Å²) in [5.41, 5.74) is 0.168. The average molecular weight is 346 g/mol. The van der Waals surface area contributed by atoms with E-state index in [0.29, 0.717) is 11.3 Å². The highest BCUT2D eigenvalue weighted by atomic mass is 32.1. The standard InChI is InChI=1S/C12H9F3N4O3S/c1-22-10(21)6-2-3-7(16-4-6)9(20)17-5-8-18-19-11(23-8)12(13,14)15/h2-4H,5H2,1H3,(H,17,20). The molecule has 2 heterocycles. The third-order valence-electron chi connectivity index (χ3n) is 2.53. The molecule has 0 saturated carbocycles. The lowest BCUT2D eigenvalue weighted by Crippen LogP contribution is -2.23. The minimum Gasteiger partial charge on any atom is -0.465 e. The van der Waals surface area contributed by atoms with E-state index in [1.807, 2.05) is 0 Å². The zero-order valence-electron chi connectivity index (χ0n) is 11.5. The quantitative estimate of drug-likeness (QED) is 0.847. The van der Waals surface area contributed by atoms with Crippen molar-refractivity contribution < 1.29 is 27.5 Å². The Morgan fingerprint density at radius 3 is 2.57 bits per heavy atom. The minimum atomic E-state index is -4.56. The van der Waals surface area contributed by atoms with Crippen LogP contribution in [-0.2, 0) is 17.5 Å². The molecule has 0 aromatic carbocycles. The van der Waals surface area contributed by atoms with Crippen molar-refractivity contribution in [2.45, 2.75) is 12.7 Å². The van der Waals surface area contributed by atoms with Gasteiger partial charge in [0.2, 0.25) is 5.01 Å². The predicted octanol–water partition coefficient (Wildman–Crippen LogP) is 1.67. The molecule has 1 N–H and O–H groups in total. The van der Waals surface area contributed by atoms with Gasteiger partial charge in [-0.2, -0.15) is 13.2 Å². The van der Waals surface area contributed by atoms with E-state index in [9.17, 15) is 22.8 Å². The number of aromatic nitrogens is 3. The van der Waals surface area contributed by atoms with Gasteiger partial charge in [0.1, 0.15) is 10.7 Å². The third-order valence-corrected chi connectivity index (χ3v) is 3.49. The van der Waals surface area contributed by atoms with Crippen LogP contribution in [0, 0.1) is 0 Å². The monoisotopic (exact) mass is 346 g/mol. The lowest BCUT2D eigenvalue weighted by atomic mass is 10.2. The number of hydrogen-bond donors (Lipinski definition) is 1. The molecule has 0 bridgehead atoms. The van der Waals surface area contributed by atoms with Crippen LogP contribution in [0.2, 0.25) is 0 Å². The first-order valence-corrected chi connectivity index (χ1v) is 6.85. The summed E-state index contributed by atoms with van der Waals surface area (Å²) < 4.78 is 41.6. The predicted molar refractivity (Wildman–Crippen MR) is 71.7 cm³/mol. The lowest BCUT2D eigenvalue weighted by molar-refractivity contribution is -0.138. The second-order valence-corrected chi connectivity index (χ2v) is 5.17. The average Bonchev–Trinajstić information content (AvgIpc) is 3.01. The molecule has 0 aliphatic carbocycles. The summed E-state index contributed by atoms with van der Waals surface area (Å²) in [5.74, 6) is -1.22. The molecule has 2 aromatic heterocycles. The van der Waals surface area contributed by atoms with Crippen molar-refractivity contribution >= 4 is 23.2 Å². The number of hydrogen-bond acceptors (Lipinski definition) is 7. The highest BCUT2D eigenvalue weighted by Gasteiger charge is 2.35. The van der Waals surface area contributed by atoms with Crippen molar-refractivity contribution in [2.24, 2.45) is 0 Å². The van der Waals surface area contributed by atoms with Crippen LogP contribution in [0.25, 0.3) is 0 Å². The Kier molecular flexibility index (Phi) is 4.89. The number of nitrogens with one attached hydrogen (secondary N) is 1. The first-order valence-electron chi connectivity index (χ1n) is 6.03. The molecular formula is C12H9F3N4O3S. The van der Waals surface area contributed by atoms with Crippen LogP contribution >= 0.6 is 11.3 Å². The van der Waals surface area contributed by atoms with Gasteiger partial charge in [-0.15, -0.1) is 10.2 Å². The van der Waals surface area contributed by atoms with Gasteiger partial charge in [-0.1, -0.05) is 11.3 Å². The van der Waals surface area contributed by atoms with Crippen molar-refractivity contribution in [3.63, 3.8) is 0 Å². The smallest absolute Gasteiger partial charge is 0.445 e. The molecule has 0 fully saturated rings. The van der Waals surface area contributed by atoms with Gasteiger partial charge in [-0.05, 0) is 12.1 Å². The number of esters is 1. The van der Waals surface area contributed by atoms with Crippen LogP contribution in [-0.4, -0.2) is 34.2 Å². The van der Waals surface area contributed by atoms with Crippen molar-refractivity contribution in [1.29, 1.82) is 0 Å². The summed E-state index contributed by atoms with van der Waals surface area (Å²) in [6.07, 6.45) is -3.40. The Labute approximate surface area is 131 Å². The number of nitrogens with zero attached hydrogens (tertiary/aromatic N) is 3. The summed E-state index contributed by atoms with van der Waals surface area (Å²) >= 11 is 0.343. The van der Waals surface area contributed by atoms with E-state index in [4.69, 9.17) is 0 Å².